The molecule has 0 bridgehead atoms. The van der Waals surface area contributed by atoms with E-state index >= 15 is 0 Å². The number of hydrogen-bond acceptors (Lipinski definition) is 4. The lowest BCUT2D eigenvalue weighted by atomic mass is 9.79. The van der Waals surface area contributed by atoms with Crippen LogP contribution in [0.3, 0.4) is 0 Å². The molecule has 2 rings (SSSR count). The number of esters is 1. The van der Waals surface area contributed by atoms with E-state index in [4.69, 9.17) is 16.3 Å². The third-order valence-electron chi connectivity index (χ3n) is 3.50. The fraction of sp³-hybridized carbons (Fsp3) is 0.533. The first-order valence-electron chi connectivity index (χ1n) is 6.67. The van der Waals surface area contributed by atoms with Crippen LogP contribution in [0.4, 0.5) is 5.69 Å². The lowest BCUT2D eigenvalue weighted by molar-refractivity contribution is -0.146. The van der Waals surface area contributed by atoms with E-state index in [0.29, 0.717) is 10.8 Å². The van der Waals surface area contributed by atoms with Gasteiger partial charge in [0.05, 0.1) is 12.1 Å². The van der Waals surface area contributed by atoms with Gasteiger partial charge in [-0.05, 0) is 51.7 Å². The summed E-state index contributed by atoms with van der Waals surface area (Å²) in [7, 11) is 1.44. The molecule has 1 aliphatic rings. The number of carbonyl (C=O) groups excluding carboxylic acids is 1. The molecule has 1 aromatic carbocycles. The molecule has 21 heavy (non-hydrogen) atoms. The number of hydrogen-bond donors (Lipinski definition) is 1. The van der Waals surface area contributed by atoms with Crippen LogP contribution in [0, 0.1) is 5.41 Å². The van der Waals surface area contributed by atoms with E-state index in [1.54, 1.807) is 17.8 Å². The second-order valence-corrected chi connectivity index (χ2v) is 8.41. The van der Waals surface area contributed by atoms with Crippen molar-refractivity contribution in [1.29, 1.82) is 0 Å². The standard InChI is InChI=1S/C15H19BrClNO2S/c1-14(2)7-15(9-21-8-14,13(19)20-3)18-10-4-5-12(17)11(16)6-10/h4-6,18H,7-9H2,1-3H3. The van der Waals surface area contributed by atoms with Crippen molar-refractivity contribution in [2.24, 2.45) is 5.41 Å². The highest BCUT2D eigenvalue weighted by Crippen LogP contribution is 2.42. The zero-order valence-electron chi connectivity index (χ0n) is 12.3. The lowest BCUT2D eigenvalue weighted by Gasteiger charge is -2.43. The largest absolute Gasteiger partial charge is 0.467 e. The quantitative estimate of drug-likeness (QED) is 0.764. The first-order valence-corrected chi connectivity index (χ1v) is 9.00. The van der Waals surface area contributed by atoms with Crippen molar-refractivity contribution in [2.75, 3.05) is 23.9 Å². The molecule has 1 aromatic rings. The fourth-order valence-corrected chi connectivity index (χ4v) is 4.62. The van der Waals surface area contributed by atoms with E-state index in [0.717, 1.165) is 22.3 Å². The second kappa shape index (κ2) is 6.39. The fourth-order valence-electron chi connectivity index (χ4n) is 2.73. The van der Waals surface area contributed by atoms with Gasteiger partial charge in [0.15, 0.2) is 0 Å². The van der Waals surface area contributed by atoms with Gasteiger partial charge in [0.25, 0.3) is 0 Å². The minimum absolute atomic E-state index is 0.0771. The van der Waals surface area contributed by atoms with Crippen molar-refractivity contribution in [3.63, 3.8) is 0 Å². The number of anilines is 1. The number of halogens is 2. The normalized spacial score (nSPS) is 24.4. The van der Waals surface area contributed by atoms with E-state index in [2.05, 4.69) is 35.1 Å². The third kappa shape index (κ3) is 3.88. The average molecular weight is 393 g/mol. The van der Waals surface area contributed by atoms with Crippen LogP contribution in [0.5, 0.6) is 0 Å². The SMILES string of the molecule is COC(=O)C1(Nc2ccc(Cl)c(Br)c2)CSCC(C)(C)C1. The molecule has 0 aromatic heterocycles. The topological polar surface area (TPSA) is 38.3 Å². The summed E-state index contributed by atoms with van der Waals surface area (Å²) in [5.41, 5.74) is 0.234. The maximum atomic E-state index is 12.4. The molecule has 1 saturated heterocycles. The van der Waals surface area contributed by atoms with Crippen LogP contribution in [0.1, 0.15) is 20.3 Å². The Morgan fingerprint density at radius 3 is 2.71 bits per heavy atom. The minimum atomic E-state index is -0.700. The van der Waals surface area contributed by atoms with Gasteiger partial charge < -0.3 is 10.1 Å². The lowest BCUT2D eigenvalue weighted by Crippen LogP contribution is -2.55. The minimum Gasteiger partial charge on any atom is -0.467 e. The van der Waals surface area contributed by atoms with E-state index in [1.807, 2.05) is 12.1 Å². The van der Waals surface area contributed by atoms with Crippen LogP contribution in [-0.2, 0) is 9.53 Å². The van der Waals surface area contributed by atoms with Gasteiger partial charge in [0, 0.05) is 15.9 Å². The number of ether oxygens (including phenoxy) is 1. The molecule has 0 amide bonds. The van der Waals surface area contributed by atoms with E-state index in [9.17, 15) is 4.79 Å². The zero-order chi connectivity index (χ0) is 15.7. The van der Waals surface area contributed by atoms with Crippen molar-refractivity contribution < 1.29 is 9.53 Å². The van der Waals surface area contributed by atoms with Gasteiger partial charge >= 0.3 is 5.97 Å². The molecule has 0 spiro atoms. The molecule has 116 valence electrons. The summed E-state index contributed by atoms with van der Waals surface area (Å²) in [4.78, 5) is 12.4. The summed E-state index contributed by atoms with van der Waals surface area (Å²) < 4.78 is 5.86. The molecule has 0 saturated carbocycles. The van der Waals surface area contributed by atoms with Crippen molar-refractivity contribution in [3.05, 3.63) is 27.7 Å². The van der Waals surface area contributed by atoms with Crippen molar-refractivity contribution in [1.82, 2.24) is 0 Å². The summed E-state index contributed by atoms with van der Waals surface area (Å²) in [6.07, 6.45) is 0.736. The Labute approximate surface area is 143 Å². The molecule has 1 unspecified atom stereocenters. The highest BCUT2D eigenvalue weighted by molar-refractivity contribution is 9.10. The second-order valence-electron chi connectivity index (χ2n) is 6.16. The highest BCUT2D eigenvalue weighted by atomic mass is 79.9. The number of rotatable bonds is 3. The van der Waals surface area contributed by atoms with Crippen LogP contribution >= 0.6 is 39.3 Å². The average Bonchev–Trinajstić information content (AvgIpc) is 2.41. The van der Waals surface area contributed by atoms with Crippen LogP contribution in [-0.4, -0.2) is 30.1 Å². The van der Waals surface area contributed by atoms with E-state index in [1.165, 1.54) is 7.11 Å². The first kappa shape index (κ1) is 17.0. The first-order chi connectivity index (χ1) is 9.78. The molecule has 1 N–H and O–H groups in total. The Balaban J connectivity index is 2.32. The Kier molecular flexibility index (Phi) is 5.16. The van der Waals surface area contributed by atoms with Gasteiger partial charge in [-0.2, -0.15) is 11.8 Å². The maximum Gasteiger partial charge on any atom is 0.332 e. The number of nitrogens with one attached hydrogen (secondary N) is 1. The molecule has 0 radical (unpaired) electrons. The Morgan fingerprint density at radius 1 is 1.43 bits per heavy atom. The van der Waals surface area contributed by atoms with Gasteiger partial charge in [0.1, 0.15) is 5.54 Å². The Hall–Kier alpha value is -0.390. The van der Waals surface area contributed by atoms with Gasteiger partial charge in [-0.25, -0.2) is 4.79 Å². The third-order valence-corrected chi connectivity index (χ3v) is 6.40. The molecular weight excluding hydrogens is 374 g/mol. The van der Waals surface area contributed by atoms with E-state index in [-0.39, 0.29) is 11.4 Å². The smallest absolute Gasteiger partial charge is 0.332 e. The summed E-state index contributed by atoms with van der Waals surface area (Å²) >= 11 is 11.2. The van der Waals surface area contributed by atoms with Crippen molar-refractivity contribution in [3.8, 4) is 0 Å². The summed E-state index contributed by atoms with van der Waals surface area (Å²) in [5, 5.41) is 4.03. The van der Waals surface area contributed by atoms with Gasteiger partial charge in [-0.15, -0.1) is 0 Å². The molecule has 0 aliphatic carbocycles. The molecule has 1 atom stereocenters. The van der Waals surface area contributed by atoms with Crippen molar-refractivity contribution in [2.45, 2.75) is 25.8 Å². The van der Waals surface area contributed by atoms with Crippen LogP contribution < -0.4 is 5.32 Å². The molecule has 1 aliphatic heterocycles. The summed E-state index contributed by atoms with van der Waals surface area (Å²) in [5.74, 6) is 1.52. The molecule has 3 nitrogen and oxygen atoms in total. The monoisotopic (exact) mass is 391 g/mol. The number of benzene rings is 1. The summed E-state index contributed by atoms with van der Waals surface area (Å²) in [6.45, 7) is 4.35. The number of carbonyl (C=O) groups is 1. The Morgan fingerprint density at radius 2 is 2.14 bits per heavy atom. The zero-order valence-corrected chi connectivity index (χ0v) is 15.5. The molecule has 1 fully saturated rings. The molecular formula is C15H19BrClNO2S. The van der Waals surface area contributed by atoms with Crippen LogP contribution in [0.15, 0.2) is 22.7 Å². The van der Waals surface area contributed by atoms with Gasteiger partial charge in [0.2, 0.25) is 0 Å². The highest BCUT2D eigenvalue weighted by Gasteiger charge is 2.47. The molecule has 1 heterocycles. The Bertz CT molecular complexity index is 552. The number of methoxy groups -OCH3 is 1. The van der Waals surface area contributed by atoms with Gasteiger partial charge in [-0.3, -0.25) is 0 Å². The van der Waals surface area contributed by atoms with E-state index < -0.39 is 5.54 Å². The predicted octanol–water partition coefficient (Wildman–Crippen LogP) is 4.59. The van der Waals surface area contributed by atoms with Crippen LogP contribution in [0.2, 0.25) is 5.02 Å². The van der Waals surface area contributed by atoms with Crippen molar-refractivity contribution >= 4 is 50.9 Å². The van der Waals surface area contributed by atoms with Gasteiger partial charge in [-0.1, -0.05) is 25.4 Å². The predicted molar refractivity (Wildman–Crippen MR) is 93.2 cm³/mol. The van der Waals surface area contributed by atoms with Crippen LogP contribution in [0.25, 0.3) is 0 Å². The maximum absolute atomic E-state index is 12.4. The summed E-state index contributed by atoms with van der Waals surface area (Å²) in [6, 6.07) is 5.57. The number of thioether (sulfide) groups is 1. The molecule has 6 heteroatoms.